The maximum Gasteiger partial charge on any atom is 0.211 e. The fourth-order valence-electron chi connectivity index (χ4n) is 3.17. The first-order chi connectivity index (χ1) is 9.58. The zero-order chi connectivity index (χ0) is 14.3. The van der Waals surface area contributed by atoms with E-state index < -0.39 is 0 Å². The Bertz CT molecular complexity index is 686. The van der Waals surface area contributed by atoms with Crippen LogP contribution < -0.4 is 10.3 Å². The number of piperidine rings is 1. The van der Waals surface area contributed by atoms with Gasteiger partial charge in [0.05, 0.1) is 5.69 Å². The summed E-state index contributed by atoms with van der Waals surface area (Å²) in [5.74, 6) is 0. The molecule has 0 N–H and O–H groups in total. The van der Waals surface area contributed by atoms with Gasteiger partial charge in [0.2, 0.25) is 5.43 Å². The molecule has 2 aromatic rings. The predicted molar refractivity (Wildman–Crippen MR) is 88.4 cm³/mol. The van der Waals surface area contributed by atoms with Gasteiger partial charge in [0.1, 0.15) is 0 Å². The van der Waals surface area contributed by atoms with Crippen molar-refractivity contribution >= 4 is 38.7 Å². The van der Waals surface area contributed by atoms with E-state index in [2.05, 4.69) is 18.7 Å². The first-order valence-corrected chi connectivity index (χ1v) is 8.33. The van der Waals surface area contributed by atoms with Gasteiger partial charge in [-0.05, 0) is 51.3 Å². The van der Waals surface area contributed by atoms with Crippen LogP contribution in [0.4, 0.5) is 5.69 Å². The van der Waals surface area contributed by atoms with Crippen LogP contribution in [-0.4, -0.2) is 12.1 Å². The molecule has 3 rings (SSSR count). The lowest BCUT2D eigenvalue weighted by Crippen LogP contribution is -2.45. The molecule has 0 aliphatic carbocycles. The Morgan fingerprint density at radius 3 is 2.65 bits per heavy atom. The van der Waals surface area contributed by atoms with E-state index in [1.807, 2.05) is 17.5 Å². The summed E-state index contributed by atoms with van der Waals surface area (Å²) in [5.41, 5.74) is 0.950. The van der Waals surface area contributed by atoms with Crippen LogP contribution in [-0.2, 0) is 0 Å². The van der Waals surface area contributed by atoms with Gasteiger partial charge in [-0.25, -0.2) is 0 Å². The van der Waals surface area contributed by atoms with Gasteiger partial charge in [-0.3, -0.25) is 4.79 Å². The Balaban J connectivity index is 2.16. The molecule has 1 saturated heterocycles. The predicted octanol–water partition coefficient (Wildman–Crippen LogP) is 4.68. The van der Waals surface area contributed by atoms with E-state index in [1.165, 1.54) is 6.42 Å². The smallest absolute Gasteiger partial charge is 0.211 e. The van der Waals surface area contributed by atoms with Gasteiger partial charge >= 0.3 is 0 Å². The van der Waals surface area contributed by atoms with E-state index in [-0.39, 0.29) is 5.43 Å². The molecule has 0 radical (unpaired) electrons. The second-order valence-electron chi connectivity index (χ2n) is 5.63. The molecule has 1 aliphatic rings. The van der Waals surface area contributed by atoms with Crippen LogP contribution in [0.25, 0.3) is 10.1 Å². The highest BCUT2D eigenvalue weighted by molar-refractivity contribution is 7.16. The van der Waals surface area contributed by atoms with Crippen molar-refractivity contribution in [3.8, 4) is 0 Å². The Labute approximate surface area is 128 Å². The van der Waals surface area contributed by atoms with Crippen LogP contribution in [0.15, 0.2) is 28.4 Å². The second kappa shape index (κ2) is 5.38. The summed E-state index contributed by atoms with van der Waals surface area (Å²) >= 11 is 7.66. The minimum Gasteiger partial charge on any atom is -0.362 e. The minimum atomic E-state index is 0.113. The summed E-state index contributed by atoms with van der Waals surface area (Å²) in [6.45, 7) is 4.42. The van der Waals surface area contributed by atoms with Crippen molar-refractivity contribution in [3.63, 3.8) is 0 Å². The Kier molecular flexibility index (Phi) is 3.74. The molecule has 0 unspecified atom stereocenters. The van der Waals surface area contributed by atoms with Gasteiger partial charge in [0.15, 0.2) is 0 Å². The van der Waals surface area contributed by atoms with E-state index in [4.69, 9.17) is 11.6 Å². The Morgan fingerprint density at radius 1 is 1.25 bits per heavy atom. The number of anilines is 1. The maximum atomic E-state index is 12.8. The van der Waals surface area contributed by atoms with E-state index in [1.54, 1.807) is 17.4 Å². The highest BCUT2D eigenvalue weighted by atomic mass is 35.5. The molecular formula is C16H18ClNOS. The van der Waals surface area contributed by atoms with Gasteiger partial charge in [0.25, 0.3) is 0 Å². The fourth-order valence-corrected chi connectivity index (χ4v) is 4.23. The quantitative estimate of drug-likeness (QED) is 0.762. The molecular weight excluding hydrogens is 290 g/mol. The fraction of sp³-hybridized carbons (Fsp3) is 0.438. The normalized spacial score (nSPS) is 23.2. The zero-order valence-electron chi connectivity index (χ0n) is 11.7. The molecule has 0 bridgehead atoms. The van der Waals surface area contributed by atoms with E-state index in [9.17, 15) is 4.79 Å². The number of hydrogen-bond acceptors (Lipinski definition) is 3. The summed E-state index contributed by atoms with van der Waals surface area (Å²) in [6, 6.07) is 6.41. The lowest BCUT2D eigenvalue weighted by atomic mass is 9.97. The number of fused-ring (bicyclic) bond motifs is 1. The van der Waals surface area contributed by atoms with Crippen LogP contribution in [0.1, 0.15) is 33.1 Å². The van der Waals surface area contributed by atoms with E-state index >= 15 is 0 Å². The molecule has 4 heteroatoms. The maximum absolute atomic E-state index is 12.8. The third-order valence-electron chi connectivity index (χ3n) is 4.19. The SMILES string of the molecule is C[C@@H]1CCC[C@H](C)N1c1csc2ccc(Cl)cc2c1=O. The molecule has 0 saturated carbocycles. The van der Waals surface area contributed by atoms with Gasteiger partial charge in [-0.15, -0.1) is 11.3 Å². The molecule has 1 aromatic carbocycles. The molecule has 0 amide bonds. The third kappa shape index (κ3) is 2.33. The van der Waals surface area contributed by atoms with E-state index in [0.29, 0.717) is 17.1 Å². The number of halogens is 1. The molecule has 2 heterocycles. The minimum absolute atomic E-state index is 0.113. The largest absolute Gasteiger partial charge is 0.362 e. The Hall–Kier alpha value is -1.06. The van der Waals surface area contributed by atoms with Gasteiger partial charge < -0.3 is 4.90 Å². The Morgan fingerprint density at radius 2 is 1.95 bits per heavy atom. The third-order valence-corrected chi connectivity index (χ3v) is 5.37. The first kappa shape index (κ1) is 13.9. The number of benzene rings is 1. The van der Waals surface area contributed by atoms with Crippen LogP contribution >= 0.6 is 22.9 Å². The molecule has 1 aromatic heterocycles. The summed E-state index contributed by atoms with van der Waals surface area (Å²) < 4.78 is 1.00. The van der Waals surface area contributed by atoms with Crippen molar-refractivity contribution in [2.24, 2.45) is 0 Å². The highest BCUT2D eigenvalue weighted by Crippen LogP contribution is 2.30. The monoisotopic (exact) mass is 307 g/mol. The van der Waals surface area contributed by atoms with Crippen LogP contribution in [0.3, 0.4) is 0 Å². The standard InChI is InChI=1S/C16H18ClNOS/c1-10-4-3-5-11(2)18(10)14-9-20-15-7-6-12(17)8-13(15)16(14)19/h6-11H,3-5H2,1-2H3/t10-,11+. The van der Waals surface area contributed by atoms with Crippen molar-refractivity contribution in [2.75, 3.05) is 4.90 Å². The average Bonchev–Trinajstić information content (AvgIpc) is 2.41. The number of rotatable bonds is 1. The van der Waals surface area contributed by atoms with Crippen LogP contribution in [0, 0.1) is 0 Å². The highest BCUT2D eigenvalue weighted by Gasteiger charge is 2.27. The molecule has 106 valence electrons. The zero-order valence-corrected chi connectivity index (χ0v) is 13.3. The number of hydrogen-bond donors (Lipinski definition) is 0. The molecule has 1 aliphatic heterocycles. The molecule has 1 fully saturated rings. The van der Waals surface area contributed by atoms with Crippen molar-refractivity contribution in [2.45, 2.75) is 45.2 Å². The average molecular weight is 308 g/mol. The number of nitrogens with zero attached hydrogens (tertiary/aromatic N) is 1. The topological polar surface area (TPSA) is 20.3 Å². The first-order valence-electron chi connectivity index (χ1n) is 7.07. The van der Waals surface area contributed by atoms with Crippen molar-refractivity contribution in [1.29, 1.82) is 0 Å². The summed E-state index contributed by atoms with van der Waals surface area (Å²) in [6.07, 6.45) is 3.56. The second-order valence-corrected chi connectivity index (χ2v) is 6.97. The summed E-state index contributed by atoms with van der Waals surface area (Å²) in [4.78, 5) is 15.1. The van der Waals surface area contributed by atoms with Crippen LogP contribution in [0.2, 0.25) is 5.02 Å². The lowest BCUT2D eigenvalue weighted by Gasteiger charge is -2.40. The van der Waals surface area contributed by atoms with Crippen LogP contribution in [0.5, 0.6) is 0 Å². The van der Waals surface area contributed by atoms with Gasteiger partial charge in [-0.2, -0.15) is 0 Å². The molecule has 0 spiro atoms. The van der Waals surface area contributed by atoms with Gasteiger partial charge in [0, 0.05) is 32.6 Å². The summed E-state index contributed by atoms with van der Waals surface area (Å²) in [7, 11) is 0. The van der Waals surface area contributed by atoms with Crippen molar-refractivity contribution in [1.82, 2.24) is 0 Å². The molecule has 2 atom stereocenters. The van der Waals surface area contributed by atoms with E-state index in [0.717, 1.165) is 28.6 Å². The van der Waals surface area contributed by atoms with Crippen molar-refractivity contribution < 1.29 is 0 Å². The van der Waals surface area contributed by atoms with Gasteiger partial charge in [-0.1, -0.05) is 11.6 Å². The summed E-state index contributed by atoms with van der Waals surface area (Å²) in [5, 5.41) is 3.38. The molecule has 2 nitrogen and oxygen atoms in total. The lowest BCUT2D eigenvalue weighted by molar-refractivity contribution is 0.414. The molecule has 20 heavy (non-hydrogen) atoms. The van der Waals surface area contributed by atoms with Crippen molar-refractivity contribution in [3.05, 3.63) is 38.8 Å².